The van der Waals surface area contributed by atoms with E-state index < -0.39 is 0 Å². The second-order valence-corrected chi connectivity index (χ2v) is 8.05. The Kier molecular flexibility index (Phi) is 4.66. The molecule has 0 amide bonds. The van der Waals surface area contributed by atoms with Gasteiger partial charge in [0, 0.05) is 0 Å². The molecular weight excluding hydrogens is 336 g/mol. The number of ketones is 1. The predicted molar refractivity (Wildman–Crippen MR) is 87.0 cm³/mol. The van der Waals surface area contributed by atoms with Gasteiger partial charge in [0.25, 0.3) is 0 Å². The first-order chi connectivity index (χ1) is 9.36. The van der Waals surface area contributed by atoms with Crippen LogP contribution >= 0.6 is 27.3 Å². The van der Waals surface area contributed by atoms with E-state index in [9.17, 15) is 4.79 Å². The first-order valence-electron chi connectivity index (χ1n) is 6.38. The number of ether oxygens (including phenoxy) is 1. The molecule has 0 bridgehead atoms. The molecule has 0 aliphatic rings. The molecule has 0 N–H and O–H groups in total. The molecule has 1 heterocycles. The molecule has 2 rings (SSSR count). The lowest BCUT2D eigenvalue weighted by Gasteiger charge is -2.19. The minimum Gasteiger partial charge on any atom is -0.485 e. The van der Waals surface area contributed by atoms with Crippen LogP contribution < -0.4 is 4.74 Å². The fourth-order valence-corrected chi connectivity index (χ4v) is 3.05. The molecule has 0 fully saturated rings. The molecule has 106 valence electrons. The van der Waals surface area contributed by atoms with Gasteiger partial charge in [-0.3, -0.25) is 4.79 Å². The average molecular weight is 353 g/mol. The molecule has 2 nitrogen and oxygen atoms in total. The van der Waals surface area contributed by atoms with Crippen LogP contribution in [0.2, 0.25) is 0 Å². The maximum absolute atomic E-state index is 11.9. The van der Waals surface area contributed by atoms with Gasteiger partial charge in [0.05, 0.1) is 8.66 Å². The standard InChI is InChI=1S/C16H17BrO2S/c1-16(2,3)11-4-6-12(7-5-11)19-10-13(18)14-8-9-15(17)20-14/h4-9H,10H2,1-3H3. The first-order valence-corrected chi connectivity index (χ1v) is 7.99. The van der Waals surface area contributed by atoms with Crippen molar-refractivity contribution < 1.29 is 9.53 Å². The highest BCUT2D eigenvalue weighted by Crippen LogP contribution is 2.25. The summed E-state index contributed by atoms with van der Waals surface area (Å²) in [5.74, 6) is 0.725. The third kappa shape index (κ3) is 3.93. The summed E-state index contributed by atoms with van der Waals surface area (Å²) in [5.41, 5.74) is 1.37. The summed E-state index contributed by atoms with van der Waals surface area (Å²) in [6, 6.07) is 11.6. The van der Waals surface area contributed by atoms with Gasteiger partial charge < -0.3 is 4.74 Å². The van der Waals surface area contributed by atoms with Crippen molar-refractivity contribution in [3.63, 3.8) is 0 Å². The Hall–Kier alpha value is -1.13. The third-order valence-corrected chi connectivity index (χ3v) is 4.60. The molecule has 2 aromatic rings. The molecular formula is C16H17BrO2S. The molecule has 0 radical (unpaired) electrons. The van der Waals surface area contributed by atoms with Crippen LogP contribution in [0.15, 0.2) is 40.2 Å². The zero-order chi connectivity index (χ0) is 14.8. The smallest absolute Gasteiger partial charge is 0.210 e. The van der Waals surface area contributed by atoms with Crippen LogP contribution in [0.1, 0.15) is 36.0 Å². The van der Waals surface area contributed by atoms with Crippen LogP contribution in [0.25, 0.3) is 0 Å². The maximum Gasteiger partial charge on any atom is 0.210 e. The van der Waals surface area contributed by atoms with E-state index in [0.29, 0.717) is 4.88 Å². The predicted octanol–water partition coefficient (Wildman–Crippen LogP) is 5.07. The SMILES string of the molecule is CC(C)(C)c1ccc(OCC(=O)c2ccc(Br)s2)cc1. The largest absolute Gasteiger partial charge is 0.485 e. The monoisotopic (exact) mass is 352 g/mol. The topological polar surface area (TPSA) is 26.3 Å². The number of rotatable bonds is 4. The van der Waals surface area contributed by atoms with Crippen LogP contribution in [-0.2, 0) is 5.41 Å². The molecule has 4 heteroatoms. The summed E-state index contributed by atoms with van der Waals surface area (Å²) < 4.78 is 6.49. The van der Waals surface area contributed by atoms with Gasteiger partial charge in [0.1, 0.15) is 5.75 Å². The first kappa shape index (κ1) is 15.3. The number of hydrogen-bond acceptors (Lipinski definition) is 3. The fourth-order valence-electron chi connectivity index (χ4n) is 1.74. The number of hydrogen-bond donors (Lipinski definition) is 0. The molecule has 0 aliphatic heterocycles. The molecule has 0 aliphatic carbocycles. The minimum atomic E-state index is 0.000554. The van der Waals surface area contributed by atoms with Crippen LogP contribution in [0.5, 0.6) is 5.75 Å². The van der Waals surface area contributed by atoms with Gasteiger partial charge in [-0.05, 0) is 51.2 Å². The summed E-state index contributed by atoms with van der Waals surface area (Å²) in [7, 11) is 0. The molecule has 0 saturated heterocycles. The van der Waals surface area contributed by atoms with E-state index in [1.165, 1.54) is 16.9 Å². The highest BCUT2D eigenvalue weighted by atomic mass is 79.9. The molecule has 0 atom stereocenters. The van der Waals surface area contributed by atoms with Gasteiger partial charge in [0.15, 0.2) is 6.61 Å². The van der Waals surface area contributed by atoms with Crippen molar-refractivity contribution in [3.8, 4) is 5.75 Å². The second kappa shape index (κ2) is 6.10. The summed E-state index contributed by atoms with van der Waals surface area (Å²) in [5, 5.41) is 0. The van der Waals surface area contributed by atoms with E-state index in [1.807, 2.05) is 36.4 Å². The van der Waals surface area contributed by atoms with Crippen molar-refractivity contribution in [2.45, 2.75) is 26.2 Å². The lowest BCUT2D eigenvalue weighted by molar-refractivity contribution is 0.0925. The molecule has 0 saturated carbocycles. The lowest BCUT2D eigenvalue weighted by Crippen LogP contribution is -2.12. The fraction of sp³-hybridized carbons (Fsp3) is 0.312. The van der Waals surface area contributed by atoms with Gasteiger partial charge in [0.2, 0.25) is 5.78 Å². The van der Waals surface area contributed by atoms with E-state index in [4.69, 9.17) is 4.74 Å². The van der Waals surface area contributed by atoms with Gasteiger partial charge in [-0.2, -0.15) is 0 Å². The van der Waals surface area contributed by atoms with Crippen molar-refractivity contribution in [2.24, 2.45) is 0 Å². The molecule has 20 heavy (non-hydrogen) atoms. The van der Waals surface area contributed by atoms with Gasteiger partial charge in [-0.1, -0.05) is 32.9 Å². The Labute approximate surface area is 131 Å². The van der Waals surface area contributed by atoms with Crippen molar-refractivity contribution in [3.05, 3.63) is 50.6 Å². The molecule has 1 aromatic heterocycles. The number of carbonyl (C=O) groups excluding carboxylic acids is 1. The molecule has 1 aromatic carbocycles. The summed E-state index contributed by atoms with van der Waals surface area (Å²) in [6.07, 6.45) is 0. The summed E-state index contributed by atoms with van der Waals surface area (Å²) in [4.78, 5) is 12.6. The Morgan fingerprint density at radius 2 is 1.80 bits per heavy atom. The van der Waals surface area contributed by atoms with E-state index >= 15 is 0 Å². The normalized spacial score (nSPS) is 11.4. The van der Waals surface area contributed by atoms with Crippen molar-refractivity contribution in [2.75, 3.05) is 6.61 Å². The Morgan fingerprint density at radius 3 is 2.30 bits per heavy atom. The highest BCUT2D eigenvalue weighted by Gasteiger charge is 2.13. The van der Waals surface area contributed by atoms with E-state index in [-0.39, 0.29) is 17.8 Å². The van der Waals surface area contributed by atoms with Gasteiger partial charge in [-0.15, -0.1) is 11.3 Å². The van der Waals surface area contributed by atoms with Crippen LogP contribution in [0.3, 0.4) is 0 Å². The maximum atomic E-state index is 11.9. The molecule has 0 unspecified atom stereocenters. The van der Waals surface area contributed by atoms with Crippen molar-refractivity contribution in [1.82, 2.24) is 0 Å². The van der Waals surface area contributed by atoms with E-state index in [1.54, 1.807) is 0 Å². The van der Waals surface area contributed by atoms with Gasteiger partial charge >= 0.3 is 0 Å². The van der Waals surface area contributed by atoms with Crippen molar-refractivity contribution >= 4 is 33.0 Å². The van der Waals surface area contributed by atoms with Crippen LogP contribution in [0, 0.1) is 0 Å². The van der Waals surface area contributed by atoms with Gasteiger partial charge in [-0.25, -0.2) is 0 Å². The van der Waals surface area contributed by atoms with E-state index in [2.05, 4.69) is 36.7 Å². The summed E-state index contributed by atoms with van der Waals surface area (Å²) >= 11 is 4.77. The van der Waals surface area contributed by atoms with Crippen LogP contribution in [-0.4, -0.2) is 12.4 Å². The number of benzene rings is 1. The number of halogens is 1. The zero-order valence-electron chi connectivity index (χ0n) is 11.8. The lowest BCUT2D eigenvalue weighted by atomic mass is 9.87. The number of Topliss-reactive ketones (excluding diaryl/α,β-unsaturated/α-hetero) is 1. The highest BCUT2D eigenvalue weighted by molar-refractivity contribution is 9.11. The summed E-state index contributed by atoms with van der Waals surface area (Å²) in [6.45, 7) is 6.57. The Morgan fingerprint density at radius 1 is 1.15 bits per heavy atom. The minimum absolute atomic E-state index is 0.000554. The third-order valence-electron chi connectivity index (χ3n) is 2.94. The van der Waals surface area contributed by atoms with E-state index in [0.717, 1.165) is 9.54 Å². The number of thiophene rings is 1. The zero-order valence-corrected chi connectivity index (χ0v) is 14.2. The second-order valence-electron chi connectivity index (χ2n) is 5.59. The van der Waals surface area contributed by atoms with Crippen molar-refractivity contribution in [1.29, 1.82) is 0 Å². The quantitative estimate of drug-likeness (QED) is 0.718. The molecule has 0 spiro atoms. The number of carbonyl (C=O) groups is 1. The average Bonchev–Trinajstić information content (AvgIpc) is 2.82. The Balaban J connectivity index is 1.96. The van der Waals surface area contributed by atoms with Crippen LogP contribution in [0.4, 0.5) is 0 Å². The Bertz CT molecular complexity index is 594.